The molecule has 1 saturated heterocycles. The van der Waals surface area contributed by atoms with E-state index in [-0.39, 0.29) is 18.6 Å². The van der Waals surface area contributed by atoms with E-state index < -0.39 is 6.10 Å². The number of hydrogen-bond donors (Lipinski definition) is 2. The Kier molecular flexibility index (Phi) is 5.20. The number of likely N-dealkylation sites (tertiary alicyclic amines) is 1. The van der Waals surface area contributed by atoms with Crippen molar-refractivity contribution < 1.29 is 14.6 Å². The van der Waals surface area contributed by atoms with Crippen molar-refractivity contribution >= 4 is 5.91 Å². The first-order valence-electron chi connectivity index (χ1n) is 7.39. The fourth-order valence-corrected chi connectivity index (χ4v) is 2.84. The predicted molar refractivity (Wildman–Crippen MR) is 81.2 cm³/mol. The highest BCUT2D eigenvalue weighted by Crippen LogP contribution is 2.20. The molecule has 2 rings (SSSR count). The van der Waals surface area contributed by atoms with Crippen LogP contribution in [0.3, 0.4) is 0 Å². The number of aliphatic hydroxyl groups is 1. The van der Waals surface area contributed by atoms with Crippen molar-refractivity contribution in [1.29, 1.82) is 0 Å². The molecule has 0 aromatic heterocycles. The van der Waals surface area contributed by atoms with Crippen LogP contribution in [0.25, 0.3) is 0 Å². The molecule has 1 fully saturated rings. The Hall–Kier alpha value is -1.59. The predicted octanol–water partition coefficient (Wildman–Crippen LogP) is 0.993. The van der Waals surface area contributed by atoms with E-state index in [1.54, 1.807) is 0 Å². The second kappa shape index (κ2) is 6.91. The highest BCUT2D eigenvalue weighted by atomic mass is 16.5. The van der Waals surface area contributed by atoms with Crippen molar-refractivity contribution in [2.45, 2.75) is 38.8 Å². The number of rotatable bonds is 6. The van der Waals surface area contributed by atoms with Crippen molar-refractivity contribution in [1.82, 2.24) is 4.90 Å². The van der Waals surface area contributed by atoms with Crippen molar-refractivity contribution in [2.75, 3.05) is 19.7 Å². The Morgan fingerprint density at radius 2 is 2.29 bits per heavy atom. The smallest absolute Gasteiger partial charge is 0.234 e. The van der Waals surface area contributed by atoms with Crippen LogP contribution in [0.4, 0.5) is 0 Å². The van der Waals surface area contributed by atoms with Crippen LogP contribution in [0.15, 0.2) is 18.2 Å². The van der Waals surface area contributed by atoms with Gasteiger partial charge in [-0.2, -0.15) is 0 Å². The molecule has 1 aromatic rings. The average Bonchev–Trinajstić information content (AvgIpc) is 2.86. The van der Waals surface area contributed by atoms with Gasteiger partial charge in [0.2, 0.25) is 5.91 Å². The lowest BCUT2D eigenvalue weighted by molar-refractivity contribution is -0.122. The van der Waals surface area contributed by atoms with E-state index in [0.717, 1.165) is 30.7 Å². The molecule has 3 N–H and O–H groups in total. The van der Waals surface area contributed by atoms with Gasteiger partial charge in [0.1, 0.15) is 18.5 Å². The number of primary amides is 1. The van der Waals surface area contributed by atoms with Gasteiger partial charge in [0.25, 0.3) is 0 Å². The van der Waals surface area contributed by atoms with E-state index in [1.165, 1.54) is 5.56 Å². The van der Waals surface area contributed by atoms with Gasteiger partial charge in [-0.15, -0.1) is 0 Å². The first-order chi connectivity index (χ1) is 9.97. The number of carbonyl (C=O) groups excluding carboxylic acids is 1. The van der Waals surface area contributed by atoms with Gasteiger partial charge in [-0.05, 0) is 44.9 Å². The average molecular weight is 292 g/mol. The molecule has 2 atom stereocenters. The molecule has 1 aliphatic rings. The van der Waals surface area contributed by atoms with Crippen LogP contribution in [-0.4, -0.2) is 47.8 Å². The van der Waals surface area contributed by atoms with Gasteiger partial charge in [0.05, 0.1) is 6.04 Å². The minimum absolute atomic E-state index is 0.214. The number of nitrogens with zero attached hydrogens (tertiary/aromatic N) is 1. The van der Waals surface area contributed by atoms with Crippen LogP contribution >= 0.6 is 0 Å². The maximum atomic E-state index is 11.3. The molecular formula is C16H24N2O3. The molecule has 0 saturated carbocycles. The van der Waals surface area contributed by atoms with Gasteiger partial charge in [-0.3, -0.25) is 9.69 Å². The van der Waals surface area contributed by atoms with Gasteiger partial charge in [0.15, 0.2) is 0 Å². The number of hydrogen-bond acceptors (Lipinski definition) is 4. The number of carbonyl (C=O) groups is 1. The highest BCUT2D eigenvalue weighted by molar-refractivity contribution is 5.80. The van der Waals surface area contributed by atoms with Crippen LogP contribution in [0.2, 0.25) is 0 Å². The summed E-state index contributed by atoms with van der Waals surface area (Å²) in [6, 6.07) is 5.70. The third kappa shape index (κ3) is 4.19. The Morgan fingerprint density at radius 1 is 1.52 bits per heavy atom. The van der Waals surface area contributed by atoms with Crippen LogP contribution < -0.4 is 10.5 Å². The normalized spacial score (nSPS) is 20.4. The van der Waals surface area contributed by atoms with Crippen LogP contribution in [0.1, 0.15) is 24.0 Å². The first-order valence-corrected chi connectivity index (χ1v) is 7.39. The van der Waals surface area contributed by atoms with Gasteiger partial charge in [0, 0.05) is 6.54 Å². The lowest BCUT2D eigenvalue weighted by Crippen LogP contribution is -2.44. The molecule has 116 valence electrons. The van der Waals surface area contributed by atoms with Gasteiger partial charge in [-0.1, -0.05) is 17.7 Å². The number of ether oxygens (including phenoxy) is 1. The largest absolute Gasteiger partial charge is 0.491 e. The second-order valence-electron chi connectivity index (χ2n) is 5.79. The van der Waals surface area contributed by atoms with Crippen LogP contribution in [0, 0.1) is 13.8 Å². The number of aliphatic hydroxyl groups excluding tert-OH is 1. The summed E-state index contributed by atoms with van der Waals surface area (Å²) in [5, 5.41) is 10.1. The zero-order chi connectivity index (χ0) is 15.4. The van der Waals surface area contributed by atoms with Crippen molar-refractivity contribution in [2.24, 2.45) is 5.73 Å². The zero-order valence-corrected chi connectivity index (χ0v) is 12.7. The highest BCUT2D eigenvalue weighted by Gasteiger charge is 2.30. The molecule has 21 heavy (non-hydrogen) atoms. The summed E-state index contributed by atoms with van der Waals surface area (Å²) < 4.78 is 5.67. The van der Waals surface area contributed by atoms with Gasteiger partial charge in [-0.25, -0.2) is 0 Å². The summed E-state index contributed by atoms with van der Waals surface area (Å²) in [5.74, 6) is 0.475. The standard InChI is InChI=1S/C16H24N2O3/c1-11-5-6-15(12(2)8-11)21-10-13(19)9-18-7-3-4-14(18)16(17)20/h5-6,8,13-14,19H,3-4,7,9-10H2,1-2H3,(H2,17,20). The minimum atomic E-state index is -0.634. The number of benzene rings is 1. The Labute approximate surface area is 125 Å². The molecule has 2 unspecified atom stereocenters. The molecular weight excluding hydrogens is 268 g/mol. The fourth-order valence-electron chi connectivity index (χ4n) is 2.84. The quantitative estimate of drug-likeness (QED) is 0.820. The SMILES string of the molecule is Cc1ccc(OCC(O)CN2CCCC2C(N)=O)c(C)c1. The summed E-state index contributed by atoms with van der Waals surface area (Å²) >= 11 is 0. The Morgan fingerprint density at radius 3 is 2.95 bits per heavy atom. The molecule has 1 heterocycles. The lowest BCUT2D eigenvalue weighted by Gasteiger charge is -2.24. The van der Waals surface area contributed by atoms with Crippen molar-refractivity contribution in [3.63, 3.8) is 0 Å². The summed E-state index contributed by atoms with van der Waals surface area (Å²) in [5.41, 5.74) is 7.61. The summed E-state index contributed by atoms with van der Waals surface area (Å²) in [6.45, 7) is 5.44. The Bertz CT molecular complexity index is 504. The monoisotopic (exact) mass is 292 g/mol. The number of β-amino-alcohol motifs (C(OH)–C–C–N with tert-alkyl or cyclic N) is 1. The molecule has 5 nitrogen and oxygen atoms in total. The maximum absolute atomic E-state index is 11.3. The fraction of sp³-hybridized carbons (Fsp3) is 0.562. The van der Waals surface area contributed by atoms with E-state index in [9.17, 15) is 9.90 Å². The Balaban J connectivity index is 1.84. The van der Waals surface area contributed by atoms with Crippen LogP contribution in [-0.2, 0) is 4.79 Å². The molecule has 0 radical (unpaired) electrons. The van der Waals surface area contributed by atoms with Gasteiger partial charge >= 0.3 is 0 Å². The molecule has 5 heteroatoms. The van der Waals surface area contributed by atoms with E-state index in [1.807, 2.05) is 36.9 Å². The van der Waals surface area contributed by atoms with E-state index >= 15 is 0 Å². The summed E-state index contributed by atoms with van der Waals surface area (Å²) in [6.07, 6.45) is 1.09. The maximum Gasteiger partial charge on any atom is 0.234 e. The van der Waals surface area contributed by atoms with E-state index in [2.05, 4.69) is 0 Å². The third-order valence-corrected chi connectivity index (χ3v) is 3.90. The second-order valence-corrected chi connectivity index (χ2v) is 5.79. The van der Waals surface area contributed by atoms with E-state index in [0.29, 0.717) is 6.54 Å². The molecule has 0 bridgehead atoms. The number of aryl methyl sites for hydroxylation is 2. The van der Waals surface area contributed by atoms with Crippen molar-refractivity contribution in [3.8, 4) is 5.75 Å². The first kappa shape index (κ1) is 15.8. The number of nitrogens with two attached hydrogens (primary N) is 1. The topological polar surface area (TPSA) is 75.8 Å². The molecule has 1 amide bonds. The number of amides is 1. The minimum Gasteiger partial charge on any atom is -0.491 e. The lowest BCUT2D eigenvalue weighted by atomic mass is 10.1. The van der Waals surface area contributed by atoms with E-state index in [4.69, 9.17) is 10.5 Å². The molecule has 1 aromatic carbocycles. The summed E-state index contributed by atoms with van der Waals surface area (Å²) in [4.78, 5) is 13.3. The van der Waals surface area contributed by atoms with Crippen molar-refractivity contribution in [3.05, 3.63) is 29.3 Å². The third-order valence-electron chi connectivity index (χ3n) is 3.90. The molecule has 0 aliphatic carbocycles. The summed E-state index contributed by atoms with van der Waals surface area (Å²) in [7, 11) is 0. The molecule has 1 aliphatic heterocycles. The van der Waals surface area contributed by atoms with Crippen LogP contribution in [0.5, 0.6) is 5.75 Å². The van der Waals surface area contributed by atoms with Gasteiger partial charge < -0.3 is 15.6 Å². The molecule has 0 spiro atoms. The zero-order valence-electron chi connectivity index (χ0n) is 12.7.